The van der Waals surface area contributed by atoms with Gasteiger partial charge in [0.1, 0.15) is 18.3 Å². The average Bonchev–Trinajstić information content (AvgIpc) is 3.52. The van der Waals surface area contributed by atoms with Gasteiger partial charge < -0.3 is 14.2 Å². The number of nitrogens with zero attached hydrogens (tertiary/aromatic N) is 8. The van der Waals surface area contributed by atoms with Crippen molar-refractivity contribution in [2.45, 2.75) is 39.5 Å². The van der Waals surface area contributed by atoms with Crippen molar-refractivity contribution in [3.05, 3.63) is 48.0 Å². The van der Waals surface area contributed by atoms with Crippen molar-refractivity contribution in [2.24, 2.45) is 7.05 Å². The summed E-state index contributed by atoms with van der Waals surface area (Å²) in [4.78, 5) is 18.4. The molecule has 3 aromatic heterocycles. The zero-order valence-electron chi connectivity index (χ0n) is 20.6. The van der Waals surface area contributed by atoms with Gasteiger partial charge in [-0.25, -0.2) is 9.97 Å². The molecule has 0 saturated carbocycles. The lowest BCUT2D eigenvalue weighted by molar-refractivity contribution is 0.193. The van der Waals surface area contributed by atoms with E-state index in [1.807, 2.05) is 22.5 Å². The summed E-state index contributed by atoms with van der Waals surface area (Å²) in [6.07, 6.45) is 4.47. The highest BCUT2D eigenvalue weighted by molar-refractivity contribution is 5.81. The molecule has 1 aliphatic rings. The van der Waals surface area contributed by atoms with E-state index in [-0.39, 0.29) is 6.10 Å². The monoisotopic (exact) mass is 460 g/mol. The minimum Gasteiger partial charge on any atom is -0.471 e. The molecule has 0 N–H and O–H groups in total. The van der Waals surface area contributed by atoms with Gasteiger partial charge in [-0.2, -0.15) is 10.1 Å². The molecule has 9 heteroatoms. The molecule has 4 aromatic rings. The fraction of sp³-hybridized carbons (Fsp3) is 0.440. The Morgan fingerprint density at radius 2 is 1.94 bits per heavy atom. The van der Waals surface area contributed by atoms with E-state index in [0.717, 1.165) is 55.3 Å². The first-order chi connectivity index (χ1) is 16.4. The number of anilines is 1. The van der Waals surface area contributed by atoms with Crippen LogP contribution in [0.1, 0.15) is 24.6 Å². The maximum Gasteiger partial charge on any atom is 0.245 e. The molecular weight excluding hydrogens is 428 g/mol. The average molecular weight is 461 g/mol. The second-order valence-electron chi connectivity index (χ2n) is 9.13. The molecule has 5 rings (SSSR count). The normalized spacial score (nSPS) is 16.4. The van der Waals surface area contributed by atoms with Crippen molar-refractivity contribution in [1.82, 2.24) is 34.2 Å². The Kier molecular flexibility index (Phi) is 5.95. The van der Waals surface area contributed by atoms with Crippen LogP contribution in [0.15, 0.2) is 36.8 Å². The quantitative estimate of drug-likeness (QED) is 0.419. The Bertz CT molecular complexity index is 1290. The van der Waals surface area contributed by atoms with Crippen molar-refractivity contribution < 1.29 is 4.74 Å². The summed E-state index contributed by atoms with van der Waals surface area (Å²) in [5.41, 5.74) is 6.07. The van der Waals surface area contributed by atoms with Gasteiger partial charge in [-0.1, -0.05) is 12.1 Å². The molecule has 0 radical (unpaired) electrons. The minimum absolute atomic E-state index is 0.0779. The molecule has 1 aromatic carbocycles. The number of hydrogen-bond acceptors (Lipinski definition) is 7. The van der Waals surface area contributed by atoms with Crippen LogP contribution < -0.4 is 9.64 Å². The molecule has 34 heavy (non-hydrogen) atoms. The zero-order chi connectivity index (χ0) is 23.8. The predicted octanol–water partition coefficient (Wildman–Crippen LogP) is 3.27. The third-order valence-corrected chi connectivity index (χ3v) is 6.63. The lowest BCUT2D eigenvalue weighted by Gasteiger charge is -2.18. The molecule has 1 aliphatic heterocycles. The number of imidazole rings is 1. The summed E-state index contributed by atoms with van der Waals surface area (Å²) in [6.45, 7) is 7.75. The van der Waals surface area contributed by atoms with Crippen LogP contribution >= 0.6 is 0 Å². The fourth-order valence-corrected chi connectivity index (χ4v) is 4.64. The molecule has 0 unspecified atom stereocenters. The number of ether oxygens (including phenoxy) is 1. The number of aryl methyl sites for hydroxylation is 2. The van der Waals surface area contributed by atoms with Crippen LogP contribution in [0.3, 0.4) is 0 Å². The van der Waals surface area contributed by atoms with E-state index in [0.29, 0.717) is 11.4 Å². The summed E-state index contributed by atoms with van der Waals surface area (Å²) in [7, 11) is 6.10. The first kappa shape index (κ1) is 22.3. The second kappa shape index (κ2) is 9.06. The first-order valence-corrected chi connectivity index (χ1v) is 11.8. The molecule has 0 aliphatic carbocycles. The zero-order valence-corrected chi connectivity index (χ0v) is 20.6. The second-order valence-corrected chi connectivity index (χ2v) is 9.13. The highest BCUT2D eigenvalue weighted by Crippen LogP contribution is 2.30. The van der Waals surface area contributed by atoms with Crippen LogP contribution in [0.5, 0.6) is 5.88 Å². The molecule has 0 spiro atoms. The molecule has 1 fully saturated rings. The lowest BCUT2D eigenvalue weighted by Crippen LogP contribution is -2.25. The van der Waals surface area contributed by atoms with Gasteiger partial charge in [-0.3, -0.25) is 9.58 Å². The molecule has 9 nitrogen and oxygen atoms in total. The van der Waals surface area contributed by atoms with E-state index >= 15 is 0 Å². The van der Waals surface area contributed by atoms with Crippen LogP contribution in [0.25, 0.3) is 22.6 Å². The van der Waals surface area contributed by atoms with Gasteiger partial charge in [0.2, 0.25) is 5.88 Å². The summed E-state index contributed by atoms with van der Waals surface area (Å²) < 4.78 is 10.3. The third kappa shape index (κ3) is 4.11. The van der Waals surface area contributed by atoms with Crippen molar-refractivity contribution >= 4 is 16.9 Å². The van der Waals surface area contributed by atoms with E-state index in [9.17, 15) is 0 Å². The largest absolute Gasteiger partial charge is 0.471 e. The molecular formula is C25H32N8O. The number of fused-ring (bicyclic) bond motifs is 1. The lowest BCUT2D eigenvalue weighted by atomic mass is 10.2. The SMILES string of the molecule is CCn1ncc(-c2nc3c(O[C@H]4CCN(Cc5ccc(N(C)C)cc5)C4)ncnc3n2C)c1C. The van der Waals surface area contributed by atoms with Crippen molar-refractivity contribution in [1.29, 1.82) is 0 Å². The van der Waals surface area contributed by atoms with Gasteiger partial charge in [0, 0.05) is 58.7 Å². The topological polar surface area (TPSA) is 77.1 Å². The Morgan fingerprint density at radius 3 is 2.65 bits per heavy atom. The van der Waals surface area contributed by atoms with Gasteiger partial charge in [-0.15, -0.1) is 0 Å². The van der Waals surface area contributed by atoms with E-state index in [4.69, 9.17) is 9.72 Å². The van der Waals surface area contributed by atoms with Crippen molar-refractivity contribution in [3.8, 4) is 17.3 Å². The Hall–Kier alpha value is -3.46. The smallest absolute Gasteiger partial charge is 0.245 e. The predicted molar refractivity (Wildman–Crippen MR) is 133 cm³/mol. The van der Waals surface area contributed by atoms with E-state index in [1.165, 1.54) is 11.3 Å². The molecule has 178 valence electrons. The highest BCUT2D eigenvalue weighted by Gasteiger charge is 2.26. The molecule has 0 bridgehead atoms. The van der Waals surface area contributed by atoms with Crippen LogP contribution in [-0.4, -0.2) is 67.5 Å². The summed E-state index contributed by atoms with van der Waals surface area (Å²) in [5.74, 6) is 1.38. The minimum atomic E-state index is 0.0779. The molecule has 0 amide bonds. The van der Waals surface area contributed by atoms with E-state index in [2.05, 4.69) is 77.1 Å². The number of benzene rings is 1. The van der Waals surface area contributed by atoms with Crippen molar-refractivity contribution in [2.75, 3.05) is 32.1 Å². The van der Waals surface area contributed by atoms with Crippen molar-refractivity contribution in [3.63, 3.8) is 0 Å². The van der Waals surface area contributed by atoms with Crippen LogP contribution in [0.4, 0.5) is 5.69 Å². The van der Waals surface area contributed by atoms with E-state index in [1.54, 1.807) is 6.33 Å². The number of aromatic nitrogens is 6. The maximum atomic E-state index is 6.37. The van der Waals surface area contributed by atoms with Gasteiger partial charge in [-0.05, 0) is 38.0 Å². The Balaban J connectivity index is 1.32. The van der Waals surface area contributed by atoms with Crippen LogP contribution in [-0.2, 0) is 20.1 Å². The van der Waals surface area contributed by atoms with Gasteiger partial charge in [0.05, 0.1) is 11.8 Å². The summed E-state index contributed by atoms with van der Waals surface area (Å²) >= 11 is 0. The summed E-state index contributed by atoms with van der Waals surface area (Å²) in [6, 6.07) is 8.74. The van der Waals surface area contributed by atoms with Gasteiger partial charge in [0.25, 0.3) is 0 Å². The van der Waals surface area contributed by atoms with Gasteiger partial charge >= 0.3 is 0 Å². The highest BCUT2D eigenvalue weighted by atomic mass is 16.5. The molecule has 1 saturated heterocycles. The van der Waals surface area contributed by atoms with Crippen LogP contribution in [0, 0.1) is 6.92 Å². The Morgan fingerprint density at radius 1 is 1.15 bits per heavy atom. The third-order valence-electron chi connectivity index (χ3n) is 6.63. The number of rotatable bonds is 7. The standard InChI is InChI=1S/C25H32N8O/c1-6-33-17(2)21(13-28-33)23-29-22-24(31(23)5)26-16-27-25(22)34-20-11-12-32(15-20)14-18-7-9-19(10-8-18)30(3)4/h7-10,13,16,20H,6,11-12,14-15H2,1-5H3/t20-/m0/s1. The fourth-order valence-electron chi connectivity index (χ4n) is 4.64. The molecule has 4 heterocycles. The van der Waals surface area contributed by atoms with Gasteiger partial charge in [0.15, 0.2) is 11.2 Å². The number of likely N-dealkylation sites (tertiary alicyclic amines) is 1. The first-order valence-electron chi connectivity index (χ1n) is 11.8. The molecule has 1 atom stereocenters. The van der Waals surface area contributed by atoms with Crippen LogP contribution in [0.2, 0.25) is 0 Å². The van der Waals surface area contributed by atoms with E-state index < -0.39 is 0 Å². The number of hydrogen-bond donors (Lipinski definition) is 0. The summed E-state index contributed by atoms with van der Waals surface area (Å²) in [5, 5.41) is 4.47. The Labute approximate surface area is 200 Å². The maximum absolute atomic E-state index is 6.37.